The van der Waals surface area contributed by atoms with E-state index in [0.29, 0.717) is 23.6 Å². The van der Waals surface area contributed by atoms with E-state index in [0.717, 1.165) is 5.56 Å². The van der Waals surface area contributed by atoms with Gasteiger partial charge in [0.15, 0.2) is 0 Å². The van der Waals surface area contributed by atoms with E-state index < -0.39 is 18.8 Å². The molecule has 1 aromatic rings. The highest BCUT2D eigenvalue weighted by molar-refractivity contribution is 5.67. The topological polar surface area (TPSA) is 72.3 Å². The summed E-state index contributed by atoms with van der Waals surface area (Å²) >= 11 is 0. The maximum absolute atomic E-state index is 11.9. The van der Waals surface area contributed by atoms with Crippen molar-refractivity contribution in [3.8, 4) is 0 Å². The second-order valence-electron chi connectivity index (χ2n) is 4.60. The number of hydrogen-bond donors (Lipinski definition) is 1. The SMILES string of the molecule is Cc1nc(CCOCC(F)(F)F)nc(C)c1CCC(=O)O. The number of rotatable bonds is 7. The van der Waals surface area contributed by atoms with Crippen LogP contribution in [0.5, 0.6) is 0 Å². The number of carboxylic acid groups (broad SMARTS) is 1. The fourth-order valence-corrected chi connectivity index (χ4v) is 1.87. The second-order valence-corrected chi connectivity index (χ2v) is 4.60. The van der Waals surface area contributed by atoms with E-state index in [2.05, 4.69) is 14.7 Å². The summed E-state index contributed by atoms with van der Waals surface area (Å²) < 4.78 is 40.2. The molecule has 0 aliphatic carbocycles. The van der Waals surface area contributed by atoms with Gasteiger partial charge in [-0.1, -0.05) is 0 Å². The molecule has 118 valence electrons. The van der Waals surface area contributed by atoms with E-state index in [-0.39, 0.29) is 19.4 Å². The highest BCUT2D eigenvalue weighted by atomic mass is 19.4. The summed E-state index contributed by atoms with van der Waals surface area (Å²) in [6.45, 7) is 2.05. The first kappa shape index (κ1) is 17.4. The lowest BCUT2D eigenvalue weighted by Gasteiger charge is -2.11. The Kier molecular flexibility index (Phi) is 6.07. The van der Waals surface area contributed by atoms with Gasteiger partial charge in [0, 0.05) is 24.2 Å². The van der Waals surface area contributed by atoms with Gasteiger partial charge in [-0.15, -0.1) is 0 Å². The van der Waals surface area contributed by atoms with Gasteiger partial charge < -0.3 is 9.84 Å². The summed E-state index contributed by atoms with van der Waals surface area (Å²) in [6.07, 6.45) is -3.85. The molecule has 0 saturated heterocycles. The van der Waals surface area contributed by atoms with Crippen LogP contribution in [0.3, 0.4) is 0 Å². The number of ether oxygens (including phenoxy) is 1. The molecule has 1 aromatic heterocycles. The second kappa shape index (κ2) is 7.35. The summed E-state index contributed by atoms with van der Waals surface area (Å²) in [7, 11) is 0. The third-order valence-electron chi connectivity index (χ3n) is 2.79. The Morgan fingerprint density at radius 1 is 1.19 bits per heavy atom. The highest BCUT2D eigenvalue weighted by Crippen LogP contribution is 2.15. The van der Waals surface area contributed by atoms with Crippen LogP contribution in [0.4, 0.5) is 13.2 Å². The summed E-state index contributed by atoms with van der Waals surface area (Å²) in [5.74, 6) is -0.510. The molecule has 0 fully saturated rings. The normalized spacial score (nSPS) is 11.7. The smallest absolute Gasteiger partial charge is 0.411 e. The summed E-state index contributed by atoms with van der Waals surface area (Å²) in [5, 5.41) is 8.67. The fourth-order valence-electron chi connectivity index (χ4n) is 1.87. The van der Waals surface area contributed by atoms with Crippen LogP contribution in [0.15, 0.2) is 0 Å². The van der Waals surface area contributed by atoms with Crippen molar-refractivity contribution in [2.75, 3.05) is 13.2 Å². The number of halogens is 3. The van der Waals surface area contributed by atoms with Gasteiger partial charge in [0.25, 0.3) is 0 Å². The molecule has 0 radical (unpaired) electrons. The third-order valence-corrected chi connectivity index (χ3v) is 2.79. The molecule has 1 rings (SSSR count). The van der Waals surface area contributed by atoms with E-state index in [1.54, 1.807) is 13.8 Å². The molecule has 0 aliphatic rings. The zero-order chi connectivity index (χ0) is 16.0. The molecule has 0 atom stereocenters. The lowest BCUT2D eigenvalue weighted by atomic mass is 10.1. The van der Waals surface area contributed by atoms with Crippen LogP contribution in [-0.4, -0.2) is 40.4 Å². The zero-order valence-corrected chi connectivity index (χ0v) is 11.8. The van der Waals surface area contributed by atoms with Crippen molar-refractivity contribution in [1.82, 2.24) is 9.97 Å². The van der Waals surface area contributed by atoms with Crippen molar-refractivity contribution in [2.45, 2.75) is 39.3 Å². The molecular formula is C13H17F3N2O3. The molecule has 1 heterocycles. The molecule has 0 spiro atoms. The van der Waals surface area contributed by atoms with Crippen LogP contribution >= 0.6 is 0 Å². The van der Waals surface area contributed by atoms with Gasteiger partial charge in [-0.2, -0.15) is 13.2 Å². The monoisotopic (exact) mass is 306 g/mol. The molecule has 5 nitrogen and oxygen atoms in total. The molecule has 0 bridgehead atoms. The van der Waals surface area contributed by atoms with Crippen LogP contribution in [-0.2, 0) is 22.4 Å². The van der Waals surface area contributed by atoms with Gasteiger partial charge in [-0.05, 0) is 25.8 Å². The summed E-state index contributed by atoms with van der Waals surface area (Å²) in [5.41, 5.74) is 2.06. The summed E-state index contributed by atoms with van der Waals surface area (Å²) in [4.78, 5) is 18.9. The van der Waals surface area contributed by atoms with E-state index >= 15 is 0 Å². The number of alkyl halides is 3. The minimum Gasteiger partial charge on any atom is -0.481 e. The molecule has 0 unspecified atom stereocenters. The fraction of sp³-hybridized carbons (Fsp3) is 0.615. The lowest BCUT2D eigenvalue weighted by Crippen LogP contribution is -2.18. The van der Waals surface area contributed by atoms with Gasteiger partial charge in [0.2, 0.25) is 0 Å². The first-order valence-electron chi connectivity index (χ1n) is 6.38. The molecule has 0 amide bonds. The highest BCUT2D eigenvalue weighted by Gasteiger charge is 2.27. The van der Waals surface area contributed by atoms with Gasteiger partial charge in [-0.25, -0.2) is 9.97 Å². The van der Waals surface area contributed by atoms with Gasteiger partial charge in [-0.3, -0.25) is 4.79 Å². The van der Waals surface area contributed by atoms with Crippen LogP contribution in [0, 0.1) is 13.8 Å². The van der Waals surface area contributed by atoms with Crippen LogP contribution < -0.4 is 0 Å². The molecule has 1 N–H and O–H groups in total. The van der Waals surface area contributed by atoms with Crippen molar-refractivity contribution < 1.29 is 27.8 Å². The van der Waals surface area contributed by atoms with Crippen molar-refractivity contribution in [3.05, 3.63) is 22.8 Å². The Balaban J connectivity index is 2.59. The van der Waals surface area contributed by atoms with Crippen molar-refractivity contribution in [2.24, 2.45) is 0 Å². The lowest BCUT2D eigenvalue weighted by molar-refractivity contribution is -0.173. The van der Waals surface area contributed by atoms with E-state index in [1.807, 2.05) is 0 Å². The van der Waals surface area contributed by atoms with Crippen LogP contribution in [0.25, 0.3) is 0 Å². The quantitative estimate of drug-likeness (QED) is 0.782. The van der Waals surface area contributed by atoms with Crippen LogP contribution in [0.2, 0.25) is 0 Å². The number of nitrogens with zero attached hydrogens (tertiary/aromatic N) is 2. The maximum atomic E-state index is 11.9. The van der Waals surface area contributed by atoms with Gasteiger partial charge in [0.1, 0.15) is 12.4 Å². The largest absolute Gasteiger partial charge is 0.481 e. The van der Waals surface area contributed by atoms with E-state index in [1.165, 1.54) is 0 Å². The molecule has 0 aromatic carbocycles. The predicted molar refractivity (Wildman–Crippen MR) is 68.0 cm³/mol. The predicted octanol–water partition coefficient (Wildman–Crippen LogP) is 2.23. The Bertz CT molecular complexity index is 481. The van der Waals surface area contributed by atoms with Gasteiger partial charge >= 0.3 is 12.1 Å². The Hall–Kier alpha value is -1.70. The van der Waals surface area contributed by atoms with Gasteiger partial charge in [0.05, 0.1) is 6.61 Å². The minimum atomic E-state index is -4.34. The van der Waals surface area contributed by atoms with E-state index in [4.69, 9.17) is 5.11 Å². The maximum Gasteiger partial charge on any atom is 0.411 e. The standard InChI is InChI=1S/C13H17F3N2O3/c1-8-10(3-4-12(19)20)9(2)18-11(17-8)5-6-21-7-13(14,15)16/h3-7H2,1-2H3,(H,19,20). The molecule has 0 aliphatic heterocycles. The average molecular weight is 306 g/mol. The molecular weight excluding hydrogens is 289 g/mol. The Morgan fingerprint density at radius 3 is 2.24 bits per heavy atom. The number of aromatic nitrogens is 2. The Labute approximate surface area is 120 Å². The Morgan fingerprint density at radius 2 is 1.76 bits per heavy atom. The number of aliphatic carboxylic acids is 1. The zero-order valence-electron chi connectivity index (χ0n) is 11.8. The molecule has 8 heteroatoms. The average Bonchev–Trinajstić information content (AvgIpc) is 2.32. The van der Waals surface area contributed by atoms with Crippen molar-refractivity contribution in [3.63, 3.8) is 0 Å². The summed E-state index contributed by atoms with van der Waals surface area (Å²) in [6, 6.07) is 0. The third kappa shape index (κ3) is 6.52. The number of carboxylic acids is 1. The molecule has 0 saturated carbocycles. The van der Waals surface area contributed by atoms with Crippen molar-refractivity contribution >= 4 is 5.97 Å². The van der Waals surface area contributed by atoms with Crippen LogP contribution in [0.1, 0.15) is 29.2 Å². The number of hydrogen-bond acceptors (Lipinski definition) is 4. The van der Waals surface area contributed by atoms with E-state index in [9.17, 15) is 18.0 Å². The first-order valence-corrected chi connectivity index (χ1v) is 6.38. The number of carbonyl (C=O) groups is 1. The van der Waals surface area contributed by atoms with Crippen molar-refractivity contribution in [1.29, 1.82) is 0 Å². The first-order chi connectivity index (χ1) is 9.69. The minimum absolute atomic E-state index is 0.0148. The molecule has 21 heavy (non-hydrogen) atoms. The number of aryl methyl sites for hydroxylation is 2.